The second-order valence-corrected chi connectivity index (χ2v) is 6.08. The number of esters is 1. The summed E-state index contributed by atoms with van der Waals surface area (Å²) in [6.45, 7) is 8.20. The van der Waals surface area contributed by atoms with Crippen molar-refractivity contribution >= 4 is 29.3 Å². The van der Waals surface area contributed by atoms with E-state index < -0.39 is 0 Å². The lowest BCUT2D eigenvalue weighted by atomic mass is 9.96. The number of rotatable bonds is 4. The highest BCUT2D eigenvalue weighted by Gasteiger charge is 2.19. The van der Waals surface area contributed by atoms with Crippen LogP contribution < -0.4 is 0 Å². The normalized spacial score (nSPS) is 11.4. The van der Waals surface area contributed by atoms with Crippen LogP contribution in [0, 0.1) is 0 Å². The van der Waals surface area contributed by atoms with Crippen molar-refractivity contribution in [3.63, 3.8) is 0 Å². The minimum absolute atomic E-state index is 0.176. The third-order valence-electron chi connectivity index (χ3n) is 1.99. The minimum atomic E-state index is -0.255. The van der Waals surface area contributed by atoms with Gasteiger partial charge in [0.15, 0.2) is 0 Å². The highest BCUT2D eigenvalue weighted by atomic mass is 35.5. The van der Waals surface area contributed by atoms with E-state index >= 15 is 0 Å². The number of halogens is 1. The van der Waals surface area contributed by atoms with Crippen LogP contribution in [0.5, 0.6) is 0 Å². The lowest BCUT2D eigenvalue weighted by Crippen LogP contribution is -2.16. The standard InChI is InChI=1S/C12H17ClN2O2S/c1-5-17-10(16)7-18-9-6-8(13)14-11(15-9)12(2,3)4/h6H,5,7H2,1-4H3. The highest BCUT2D eigenvalue weighted by molar-refractivity contribution is 7.99. The van der Waals surface area contributed by atoms with E-state index in [9.17, 15) is 4.79 Å². The molecule has 0 unspecified atom stereocenters. The van der Waals surface area contributed by atoms with Gasteiger partial charge in [0.05, 0.1) is 12.4 Å². The molecule has 0 saturated heterocycles. The Morgan fingerprint density at radius 1 is 1.44 bits per heavy atom. The number of hydrogen-bond donors (Lipinski definition) is 0. The number of nitrogens with zero attached hydrogens (tertiary/aromatic N) is 2. The van der Waals surface area contributed by atoms with Gasteiger partial charge in [-0.3, -0.25) is 4.79 Å². The zero-order valence-electron chi connectivity index (χ0n) is 11.0. The van der Waals surface area contributed by atoms with E-state index in [4.69, 9.17) is 16.3 Å². The van der Waals surface area contributed by atoms with Gasteiger partial charge in [-0.1, -0.05) is 44.1 Å². The minimum Gasteiger partial charge on any atom is -0.465 e. The quantitative estimate of drug-likeness (QED) is 0.484. The molecule has 0 aliphatic rings. The van der Waals surface area contributed by atoms with Crippen molar-refractivity contribution < 1.29 is 9.53 Å². The van der Waals surface area contributed by atoms with Gasteiger partial charge >= 0.3 is 5.97 Å². The van der Waals surface area contributed by atoms with Gasteiger partial charge in [-0.25, -0.2) is 9.97 Å². The Balaban J connectivity index is 2.78. The Morgan fingerprint density at radius 2 is 2.11 bits per heavy atom. The largest absolute Gasteiger partial charge is 0.465 e. The Morgan fingerprint density at radius 3 is 2.67 bits per heavy atom. The average molecular weight is 289 g/mol. The number of carbonyl (C=O) groups is 1. The Bertz CT molecular complexity index is 433. The summed E-state index contributed by atoms with van der Waals surface area (Å²) in [4.78, 5) is 19.9. The molecule has 6 heteroatoms. The number of thioether (sulfide) groups is 1. The number of aromatic nitrogens is 2. The molecule has 0 bridgehead atoms. The van der Waals surface area contributed by atoms with Gasteiger partial charge in [0.2, 0.25) is 0 Å². The maximum absolute atomic E-state index is 11.3. The lowest BCUT2D eigenvalue weighted by Gasteiger charge is -2.17. The molecule has 1 heterocycles. The first-order valence-corrected chi connectivity index (χ1v) is 7.02. The van der Waals surface area contributed by atoms with E-state index in [2.05, 4.69) is 9.97 Å². The van der Waals surface area contributed by atoms with Crippen LogP contribution in [0.25, 0.3) is 0 Å². The second-order valence-electron chi connectivity index (χ2n) is 4.70. The van der Waals surface area contributed by atoms with Crippen LogP contribution in [-0.4, -0.2) is 28.3 Å². The summed E-state index contributed by atoms with van der Waals surface area (Å²) in [5, 5.41) is 1.08. The number of ether oxygens (including phenoxy) is 1. The van der Waals surface area contributed by atoms with Crippen molar-refractivity contribution in [1.29, 1.82) is 0 Å². The highest BCUT2D eigenvalue weighted by Crippen LogP contribution is 2.24. The fourth-order valence-corrected chi connectivity index (χ4v) is 2.09. The third-order valence-corrected chi connectivity index (χ3v) is 3.06. The summed E-state index contributed by atoms with van der Waals surface area (Å²) in [6.07, 6.45) is 0. The molecular weight excluding hydrogens is 272 g/mol. The molecule has 0 fully saturated rings. The molecule has 1 aromatic rings. The zero-order chi connectivity index (χ0) is 13.8. The molecule has 0 amide bonds. The van der Waals surface area contributed by atoms with E-state index in [1.807, 2.05) is 20.8 Å². The lowest BCUT2D eigenvalue weighted by molar-refractivity contribution is -0.139. The molecule has 0 aliphatic carbocycles. The first-order valence-electron chi connectivity index (χ1n) is 5.66. The summed E-state index contributed by atoms with van der Waals surface area (Å²) >= 11 is 7.25. The summed E-state index contributed by atoms with van der Waals surface area (Å²) in [5.74, 6) is 0.640. The maximum atomic E-state index is 11.3. The fraction of sp³-hybridized carbons (Fsp3) is 0.583. The van der Waals surface area contributed by atoms with Gasteiger partial charge in [-0.15, -0.1) is 0 Å². The van der Waals surface area contributed by atoms with Crippen LogP contribution in [0.15, 0.2) is 11.1 Å². The SMILES string of the molecule is CCOC(=O)CSc1cc(Cl)nc(C(C)(C)C)n1. The second kappa shape index (κ2) is 6.38. The Hall–Kier alpha value is -0.810. The van der Waals surface area contributed by atoms with Gasteiger partial charge in [-0.2, -0.15) is 0 Å². The predicted octanol–water partition coefficient (Wildman–Crippen LogP) is 3.08. The van der Waals surface area contributed by atoms with Crippen LogP contribution in [0.3, 0.4) is 0 Å². The zero-order valence-corrected chi connectivity index (χ0v) is 12.6. The molecule has 100 valence electrons. The molecule has 0 aliphatic heterocycles. The van der Waals surface area contributed by atoms with Crippen LogP contribution in [-0.2, 0) is 14.9 Å². The molecule has 0 atom stereocenters. The molecule has 0 radical (unpaired) electrons. The van der Waals surface area contributed by atoms with Crippen molar-refractivity contribution in [1.82, 2.24) is 9.97 Å². The van der Waals surface area contributed by atoms with Crippen molar-refractivity contribution in [2.24, 2.45) is 0 Å². The number of hydrogen-bond acceptors (Lipinski definition) is 5. The van der Waals surface area contributed by atoms with Crippen molar-refractivity contribution in [2.45, 2.75) is 38.1 Å². The molecule has 4 nitrogen and oxygen atoms in total. The smallest absolute Gasteiger partial charge is 0.316 e. The molecule has 1 rings (SSSR count). The Labute approximate surface area is 116 Å². The summed E-state index contributed by atoms with van der Waals surface area (Å²) in [5.41, 5.74) is -0.176. The Kier molecular flexibility index (Phi) is 5.41. The van der Waals surface area contributed by atoms with Gasteiger partial charge in [0, 0.05) is 11.5 Å². The van der Waals surface area contributed by atoms with E-state index in [-0.39, 0.29) is 17.1 Å². The van der Waals surface area contributed by atoms with E-state index in [1.165, 1.54) is 11.8 Å². The molecular formula is C12H17ClN2O2S. The van der Waals surface area contributed by atoms with E-state index in [0.717, 1.165) is 0 Å². The van der Waals surface area contributed by atoms with Crippen LogP contribution in [0.4, 0.5) is 0 Å². The van der Waals surface area contributed by atoms with Crippen molar-refractivity contribution in [3.05, 3.63) is 17.0 Å². The molecule has 1 aromatic heterocycles. The first kappa shape index (κ1) is 15.2. The summed E-state index contributed by atoms with van der Waals surface area (Å²) in [7, 11) is 0. The van der Waals surface area contributed by atoms with Crippen LogP contribution in [0.2, 0.25) is 5.15 Å². The van der Waals surface area contributed by atoms with Gasteiger partial charge in [0.1, 0.15) is 16.0 Å². The number of carbonyl (C=O) groups excluding carboxylic acids is 1. The molecule has 0 spiro atoms. The van der Waals surface area contributed by atoms with Crippen LogP contribution in [0.1, 0.15) is 33.5 Å². The van der Waals surface area contributed by atoms with Gasteiger partial charge in [0.25, 0.3) is 0 Å². The van der Waals surface area contributed by atoms with Gasteiger partial charge < -0.3 is 4.74 Å². The molecule has 0 saturated carbocycles. The van der Waals surface area contributed by atoms with Crippen LogP contribution >= 0.6 is 23.4 Å². The van der Waals surface area contributed by atoms with Crippen molar-refractivity contribution in [2.75, 3.05) is 12.4 Å². The first-order chi connectivity index (χ1) is 8.32. The average Bonchev–Trinajstić information content (AvgIpc) is 2.25. The third kappa shape index (κ3) is 4.82. The monoisotopic (exact) mass is 288 g/mol. The molecule has 0 N–H and O–H groups in total. The maximum Gasteiger partial charge on any atom is 0.316 e. The summed E-state index contributed by atoms with van der Waals surface area (Å²) in [6, 6.07) is 1.65. The van der Waals surface area contributed by atoms with E-state index in [0.29, 0.717) is 22.6 Å². The summed E-state index contributed by atoms with van der Waals surface area (Å²) < 4.78 is 4.86. The van der Waals surface area contributed by atoms with E-state index in [1.54, 1.807) is 13.0 Å². The predicted molar refractivity (Wildman–Crippen MR) is 73.1 cm³/mol. The topological polar surface area (TPSA) is 52.1 Å². The molecule has 18 heavy (non-hydrogen) atoms. The van der Waals surface area contributed by atoms with Crippen molar-refractivity contribution in [3.8, 4) is 0 Å². The van der Waals surface area contributed by atoms with Gasteiger partial charge in [-0.05, 0) is 6.92 Å². The molecule has 0 aromatic carbocycles. The fourth-order valence-electron chi connectivity index (χ4n) is 1.14.